The molecule has 0 saturated carbocycles. The Balaban J connectivity index is 1.77. The number of hydrogen-bond donors (Lipinski definition) is 1. The number of nitrogens with two attached hydrogens (primary N) is 1. The van der Waals surface area contributed by atoms with Crippen LogP contribution >= 0.6 is 0 Å². The van der Waals surface area contributed by atoms with Gasteiger partial charge in [-0.05, 0) is 12.0 Å². The van der Waals surface area contributed by atoms with Crippen LogP contribution in [0.4, 0.5) is 4.79 Å². The molecule has 1 unspecified atom stereocenters. The van der Waals surface area contributed by atoms with Gasteiger partial charge in [0.2, 0.25) is 0 Å². The number of aliphatic imine (C=N–C) groups is 1. The Morgan fingerprint density at radius 1 is 1.38 bits per heavy atom. The molecular weight excluding hydrogens is 264 g/mol. The van der Waals surface area contributed by atoms with Gasteiger partial charge in [-0.1, -0.05) is 36.4 Å². The Morgan fingerprint density at radius 2 is 2.14 bits per heavy atom. The predicted molar refractivity (Wildman–Crippen MR) is 83.0 cm³/mol. The molecule has 2 aliphatic heterocycles. The molecule has 1 spiro atoms. The number of likely N-dealkylation sites (tertiary alicyclic amines) is 1. The first-order valence-corrected chi connectivity index (χ1v) is 7.19. The summed E-state index contributed by atoms with van der Waals surface area (Å²) in [7, 11) is 0. The second-order valence-electron chi connectivity index (χ2n) is 5.66. The summed E-state index contributed by atoms with van der Waals surface area (Å²) in [6.45, 7) is 6.72. The Bertz CT molecular complexity index is 583. The molecule has 21 heavy (non-hydrogen) atoms. The molecule has 2 amide bonds. The quantitative estimate of drug-likeness (QED) is 0.854. The van der Waals surface area contributed by atoms with Gasteiger partial charge in [-0.15, -0.1) is 6.58 Å². The van der Waals surface area contributed by atoms with Gasteiger partial charge >= 0.3 is 6.03 Å². The lowest BCUT2D eigenvalue weighted by atomic mass is 9.96. The third-order valence-electron chi connectivity index (χ3n) is 4.33. The van der Waals surface area contributed by atoms with E-state index >= 15 is 0 Å². The van der Waals surface area contributed by atoms with Gasteiger partial charge in [0.05, 0.1) is 0 Å². The molecule has 1 aromatic rings. The van der Waals surface area contributed by atoms with Crippen LogP contribution in [-0.2, 0) is 6.54 Å². The normalized spacial score (nSPS) is 25.6. The highest BCUT2D eigenvalue weighted by molar-refractivity contribution is 6.06. The number of hydrogen-bond acceptors (Lipinski definition) is 3. The van der Waals surface area contributed by atoms with Crippen LogP contribution in [-0.4, -0.2) is 46.8 Å². The highest BCUT2D eigenvalue weighted by Gasteiger charge is 2.51. The molecule has 1 fully saturated rings. The van der Waals surface area contributed by atoms with Gasteiger partial charge in [0.15, 0.2) is 0 Å². The van der Waals surface area contributed by atoms with Crippen molar-refractivity contribution in [3.05, 3.63) is 48.6 Å². The van der Waals surface area contributed by atoms with Gasteiger partial charge < -0.3 is 10.6 Å². The zero-order valence-corrected chi connectivity index (χ0v) is 12.0. The van der Waals surface area contributed by atoms with E-state index in [-0.39, 0.29) is 6.03 Å². The summed E-state index contributed by atoms with van der Waals surface area (Å²) in [5.41, 5.74) is 6.89. The van der Waals surface area contributed by atoms with E-state index < -0.39 is 5.54 Å². The first-order chi connectivity index (χ1) is 10.2. The molecule has 5 nitrogen and oxygen atoms in total. The Kier molecular flexibility index (Phi) is 3.51. The lowest BCUT2D eigenvalue weighted by Gasteiger charge is -2.33. The lowest BCUT2D eigenvalue weighted by Crippen LogP contribution is -2.55. The van der Waals surface area contributed by atoms with Crippen molar-refractivity contribution < 1.29 is 4.79 Å². The van der Waals surface area contributed by atoms with Crippen molar-refractivity contribution in [3.63, 3.8) is 0 Å². The number of urea groups is 1. The van der Waals surface area contributed by atoms with Crippen LogP contribution in [0.15, 0.2) is 48.0 Å². The zero-order valence-electron chi connectivity index (χ0n) is 12.0. The van der Waals surface area contributed by atoms with Crippen LogP contribution in [0.5, 0.6) is 0 Å². The first kappa shape index (κ1) is 13.8. The Morgan fingerprint density at radius 3 is 2.86 bits per heavy atom. The predicted octanol–water partition coefficient (Wildman–Crippen LogP) is 1.61. The van der Waals surface area contributed by atoms with Crippen LogP contribution in [0.3, 0.4) is 0 Å². The van der Waals surface area contributed by atoms with Crippen molar-refractivity contribution in [3.8, 4) is 0 Å². The van der Waals surface area contributed by atoms with Crippen LogP contribution < -0.4 is 5.73 Å². The Hall–Kier alpha value is -2.14. The third kappa shape index (κ3) is 2.34. The van der Waals surface area contributed by atoms with E-state index in [1.807, 2.05) is 18.2 Å². The lowest BCUT2D eigenvalue weighted by molar-refractivity contribution is 0.178. The third-order valence-corrected chi connectivity index (χ3v) is 4.33. The number of amides is 2. The molecule has 2 N–H and O–H groups in total. The second kappa shape index (κ2) is 5.33. The van der Waals surface area contributed by atoms with E-state index in [9.17, 15) is 4.79 Å². The van der Waals surface area contributed by atoms with Gasteiger partial charge in [0.1, 0.15) is 11.4 Å². The maximum absolute atomic E-state index is 12.0. The highest BCUT2D eigenvalue weighted by atomic mass is 16.2. The van der Waals surface area contributed by atoms with Crippen LogP contribution in [0.1, 0.15) is 12.0 Å². The number of benzene rings is 1. The largest absolute Gasteiger partial charge is 0.385 e. The molecule has 0 aromatic heterocycles. The number of rotatable bonds is 4. The number of carbonyl (C=O) groups excluding carboxylic acids is 1. The monoisotopic (exact) mass is 284 g/mol. The fourth-order valence-corrected chi connectivity index (χ4v) is 3.25. The van der Waals surface area contributed by atoms with Crippen LogP contribution in [0.2, 0.25) is 0 Å². The first-order valence-electron chi connectivity index (χ1n) is 7.19. The average molecular weight is 284 g/mol. The Labute approximate surface area is 124 Å². The maximum atomic E-state index is 12.0. The molecule has 2 aliphatic rings. The maximum Gasteiger partial charge on any atom is 0.346 e. The van der Waals surface area contributed by atoms with Crippen molar-refractivity contribution in [1.29, 1.82) is 0 Å². The fraction of sp³-hybridized carbons (Fsp3) is 0.375. The summed E-state index contributed by atoms with van der Waals surface area (Å²) in [5, 5.41) is 0. The standard InChI is InChI=1S/C16H20N4O/c1-2-9-20-15(21)18-14(17)16(20)8-10-19(12-16)11-13-6-4-3-5-7-13/h2-7H,1,8-12H2,(H2,17,18,21). The minimum Gasteiger partial charge on any atom is -0.385 e. The molecule has 5 heteroatoms. The molecule has 0 bridgehead atoms. The van der Waals surface area contributed by atoms with Gasteiger partial charge in [-0.3, -0.25) is 4.90 Å². The second-order valence-corrected chi connectivity index (χ2v) is 5.66. The summed E-state index contributed by atoms with van der Waals surface area (Å²) >= 11 is 0. The van der Waals surface area contributed by atoms with Crippen LogP contribution in [0.25, 0.3) is 0 Å². The molecule has 1 aromatic carbocycles. The summed E-state index contributed by atoms with van der Waals surface area (Å²) < 4.78 is 0. The van der Waals surface area contributed by atoms with Gasteiger partial charge in [0, 0.05) is 26.2 Å². The number of carbonyl (C=O) groups is 1. The summed E-state index contributed by atoms with van der Waals surface area (Å²) in [5.74, 6) is 0.449. The molecule has 0 radical (unpaired) electrons. The van der Waals surface area contributed by atoms with E-state index in [2.05, 4.69) is 28.6 Å². The van der Waals surface area contributed by atoms with E-state index in [1.165, 1.54) is 5.56 Å². The SMILES string of the molecule is C=CCN1C(=O)N=C(N)C12CCN(Cc1ccccc1)C2. The zero-order chi connectivity index (χ0) is 14.9. The molecule has 1 atom stereocenters. The van der Waals surface area contributed by atoms with Gasteiger partial charge in [-0.25, -0.2) is 4.79 Å². The van der Waals surface area contributed by atoms with Crippen molar-refractivity contribution in [2.75, 3.05) is 19.6 Å². The van der Waals surface area contributed by atoms with E-state index in [1.54, 1.807) is 11.0 Å². The summed E-state index contributed by atoms with van der Waals surface area (Å²) in [6, 6.07) is 10.1. The number of nitrogens with zero attached hydrogens (tertiary/aromatic N) is 3. The van der Waals surface area contributed by atoms with Crippen LogP contribution in [0, 0.1) is 0 Å². The van der Waals surface area contributed by atoms with E-state index in [0.717, 1.165) is 26.1 Å². The van der Waals surface area contributed by atoms with Crippen molar-refractivity contribution in [2.45, 2.75) is 18.5 Å². The summed E-state index contributed by atoms with van der Waals surface area (Å²) in [4.78, 5) is 20.0. The topological polar surface area (TPSA) is 61.9 Å². The van der Waals surface area contributed by atoms with Crippen molar-refractivity contribution in [2.24, 2.45) is 10.7 Å². The van der Waals surface area contributed by atoms with Gasteiger partial charge in [0.25, 0.3) is 0 Å². The summed E-state index contributed by atoms with van der Waals surface area (Å²) in [6.07, 6.45) is 2.56. The van der Waals surface area contributed by atoms with Crippen molar-refractivity contribution >= 4 is 11.9 Å². The van der Waals surface area contributed by atoms with Gasteiger partial charge in [-0.2, -0.15) is 4.99 Å². The average Bonchev–Trinajstić information content (AvgIpc) is 2.99. The van der Waals surface area contributed by atoms with E-state index in [4.69, 9.17) is 5.73 Å². The molecule has 0 aliphatic carbocycles. The highest BCUT2D eigenvalue weighted by Crippen LogP contribution is 2.33. The van der Waals surface area contributed by atoms with Crippen molar-refractivity contribution in [1.82, 2.24) is 9.80 Å². The number of amidine groups is 1. The molecule has 2 heterocycles. The minimum absolute atomic E-state index is 0.242. The van der Waals surface area contributed by atoms with E-state index in [0.29, 0.717) is 12.4 Å². The fourth-order valence-electron chi connectivity index (χ4n) is 3.25. The smallest absolute Gasteiger partial charge is 0.346 e. The molecule has 110 valence electrons. The molecule has 3 rings (SSSR count). The molecular formula is C16H20N4O. The minimum atomic E-state index is -0.444. The molecule has 1 saturated heterocycles.